The van der Waals surface area contributed by atoms with Crippen molar-refractivity contribution in [1.29, 1.82) is 0 Å². The Balaban J connectivity index is 1.84. The summed E-state index contributed by atoms with van der Waals surface area (Å²) < 4.78 is 5.42. The van der Waals surface area contributed by atoms with E-state index < -0.39 is 0 Å². The van der Waals surface area contributed by atoms with Crippen LogP contribution in [0.3, 0.4) is 0 Å². The van der Waals surface area contributed by atoms with Crippen LogP contribution in [0.15, 0.2) is 72.9 Å². The summed E-state index contributed by atoms with van der Waals surface area (Å²) in [5.74, 6) is 0.524. The predicted octanol–water partition coefficient (Wildman–Crippen LogP) is 4.04. The van der Waals surface area contributed by atoms with Crippen molar-refractivity contribution in [2.75, 3.05) is 26.0 Å². The molecule has 2 aromatic carbocycles. The summed E-state index contributed by atoms with van der Waals surface area (Å²) >= 11 is 0. The van der Waals surface area contributed by atoms with Crippen LogP contribution in [-0.2, 0) is 9.59 Å². The zero-order valence-electron chi connectivity index (χ0n) is 17.8. The molecule has 6 heteroatoms. The summed E-state index contributed by atoms with van der Waals surface area (Å²) in [6.07, 6.45) is 3.41. The van der Waals surface area contributed by atoms with Crippen LogP contribution in [0.4, 0.5) is 5.82 Å². The van der Waals surface area contributed by atoms with Gasteiger partial charge in [0.2, 0.25) is 5.91 Å². The number of nitrogens with one attached hydrogen (secondary N) is 1. The van der Waals surface area contributed by atoms with Gasteiger partial charge in [-0.1, -0.05) is 48.5 Å². The molecule has 1 N–H and O–H groups in total. The van der Waals surface area contributed by atoms with E-state index in [-0.39, 0.29) is 18.4 Å². The minimum absolute atomic E-state index is 0.107. The summed E-state index contributed by atoms with van der Waals surface area (Å²) in [4.78, 5) is 31.3. The molecule has 0 fully saturated rings. The third-order valence-electron chi connectivity index (χ3n) is 4.66. The van der Waals surface area contributed by atoms with Crippen molar-refractivity contribution in [2.24, 2.45) is 0 Å². The monoisotopic (exact) mass is 415 g/mol. The molecule has 31 heavy (non-hydrogen) atoms. The highest BCUT2D eigenvalue weighted by Crippen LogP contribution is 2.25. The standard InChI is InChI=1S/C25H25N3O3/c1-18-13-14-26-23(15-18)27-24(29)17-28(2)25(30)21(19-9-5-4-6-10-19)16-20-11-7-8-12-22(20)31-3/h4-16H,17H2,1-3H3,(H,26,27,29)/b21-16+. The minimum atomic E-state index is -0.321. The van der Waals surface area contributed by atoms with Crippen LogP contribution >= 0.6 is 0 Å². The van der Waals surface area contributed by atoms with Gasteiger partial charge in [-0.2, -0.15) is 0 Å². The third kappa shape index (κ3) is 5.79. The van der Waals surface area contributed by atoms with Gasteiger partial charge in [0.15, 0.2) is 0 Å². The highest BCUT2D eigenvalue weighted by atomic mass is 16.5. The molecule has 0 aliphatic rings. The molecule has 158 valence electrons. The SMILES string of the molecule is COc1ccccc1/C=C(/C(=O)N(C)CC(=O)Nc1cc(C)ccn1)c1ccccc1. The summed E-state index contributed by atoms with van der Waals surface area (Å²) in [5, 5.41) is 2.73. The Hall–Kier alpha value is -3.93. The van der Waals surface area contributed by atoms with Gasteiger partial charge in [0.25, 0.3) is 5.91 Å². The lowest BCUT2D eigenvalue weighted by Crippen LogP contribution is -2.35. The summed E-state index contributed by atoms with van der Waals surface area (Å²) in [5.41, 5.74) is 2.99. The highest BCUT2D eigenvalue weighted by Gasteiger charge is 2.20. The summed E-state index contributed by atoms with van der Waals surface area (Å²) in [7, 11) is 3.19. The number of benzene rings is 2. The fraction of sp³-hybridized carbons (Fsp3) is 0.160. The van der Waals surface area contributed by atoms with Crippen LogP contribution in [0.2, 0.25) is 0 Å². The third-order valence-corrected chi connectivity index (χ3v) is 4.66. The van der Waals surface area contributed by atoms with Gasteiger partial charge in [0.1, 0.15) is 11.6 Å². The molecule has 6 nitrogen and oxygen atoms in total. The molecule has 0 spiro atoms. The van der Waals surface area contributed by atoms with E-state index in [0.29, 0.717) is 17.1 Å². The van der Waals surface area contributed by atoms with Crippen LogP contribution in [0.5, 0.6) is 5.75 Å². The molecule has 0 saturated heterocycles. The first-order valence-electron chi connectivity index (χ1n) is 9.86. The van der Waals surface area contributed by atoms with Gasteiger partial charge in [-0.25, -0.2) is 4.98 Å². The van der Waals surface area contributed by atoms with E-state index in [1.807, 2.05) is 67.6 Å². The number of para-hydroxylation sites is 1. The first-order valence-corrected chi connectivity index (χ1v) is 9.86. The lowest BCUT2D eigenvalue weighted by atomic mass is 10.0. The fourth-order valence-corrected chi connectivity index (χ4v) is 3.11. The minimum Gasteiger partial charge on any atom is -0.496 e. The number of nitrogens with zero attached hydrogens (tertiary/aromatic N) is 2. The second kappa shape index (κ2) is 10.2. The maximum absolute atomic E-state index is 13.3. The molecule has 1 heterocycles. The number of rotatable bonds is 7. The van der Waals surface area contributed by atoms with E-state index >= 15 is 0 Å². The predicted molar refractivity (Wildman–Crippen MR) is 123 cm³/mol. The molecule has 0 unspecified atom stereocenters. The van der Waals surface area contributed by atoms with Crippen molar-refractivity contribution in [2.45, 2.75) is 6.92 Å². The molecule has 1 aromatic heterocycles. The fourth-order valence-electron chi connectivity index (χ4n) is 3.11. The van der Waals surface area contributed by atoms with Gasteiger partial charge in [-0.3, -0.25) is 9.59 Å². The maximum atomic E-state index is 13.3. The number of aryl methyl sites for hydroxylation is 1. The Morgan fingerprint density at radius 3 is 2.48 bits per heavy atom. The van der Waals surface area contributed by atoms with Crippen molar-refractivity contribution >= 4 is 29.3 Å². The molecule has 0 aliphatic carbocycles. The largest absolute Gasteiger partial charge is 0.496 e. The molecular formula is C25H25N3O3. The zero-order valence-corrected chi connectivity index (χ0v) is 17.8. The molecule has 2 amide bonds. The molecule has 0 aliphatic heterocycles. The second-order valence-corrected chi connectivity index (χ2v) is 7.09. The maximum Gasteiger partial charge on any atom is 0.254 e. The number of methoxy groups -OCH3 is 1. The van der Waals surface area contributed by atoms with Crippen molar-refractivity contribution in [1.82, 2.24) is 9.88 Å². The van der Waals surface area contributed by atoms with Crippen molar-refractivity contribution in [3.8, 4) is 5.75 Å². The second-order valence-electron chi connectivity index (χ2n) is 7.09. The molecule has 3 aromatic rings. The Labute approximate surface area is 182 Å². The number of likely N-dealkylation sites (N-methyl/N-ethyl adjacent to an activating group) is 1. The average molecular weight is 415 g/mol. The number of anilines is 1. The quantitative estimate of drug-likeness (QED) is 0.467. The zero-order chi connectivity index (χ0) is 22.2. The van der Waals surface area contributed by atoms with E-state index in [9.17, 15) is 9.59 Å². The number of ether oxygens (including phenoxy) is 1. The number of hydrogen-bond donors (Lipinski definition) is 1. The molecular weight excluding hydrogens is 390 g/mol. The van der Waals surface area contributed by atoms with Gasteiger partial charge < -0.3 is 15.0 Å². The first kappa shape index (κ1) is 21.8. The van der Waals surface area contributed by atoms with E-state index in [2.05, 4.69) is 10.3 Å². The van der Waals surface area contributed by atoms with Crippen LogP contribution in [0.1, 0.15) is 16.7 Å². The lowest BCUT2D eigenvalue weighted by Gasteiger charge is -2.19. The molecule has 0 radical (unpaired) electrons. The number of carbonyl (C=O) groups excluding carboxylic acids is 2. The van der Waals surface area contributed by atoms with Gasteiger partial charge in [-0.05, 0) is 42.3 Å². The van der Waals surface area contributed by atoms with E-state index in [1.165, 1.54) is 4.90 Å². The summed E-state index contributed by atoms with van der Waals surface area (Å²) in [6, 6.07) is 20.5. The van der Waals surface area contributed by atoms with Crippen LogP contribution in [-0.4, -0.2) is 42.4 Å². The Bertz CT molecular complexity index is 1090. The number of carbonyl (C=O) groups is 2. The van der Waals surface area contributed by atoms with Gasteiger partial charge in [0, 0.05) is 24.4 Å². The topological polar surface area (TPSA) is 71.5 Å². The lowest BCUT2D eigenvalue weighted by molar-refractivity contribution is -0.128. The molecule has 3 rings (SSSR count). The molecule has 0 saturated carbocycles. The number of amides is 2. The van der Waals surface area contributed by atoms with Gasteiger partial charge in [-0.15, -0.1) is 0 Å². The Morgan fingerprint density at radius 2 is 1.77 bits per heavy atom. The van der Waals surface area contributed by atoms with E-state index in [4.69, 9.17) is 4.74 Å². The number of hydrogen-bond acceptors (Lipinski definition) is 4. The van der Waals surface area contributed by atoms with Crippen LogP contribution in [0, 0.1) is 6.92 Å². The normalized spacial score (nSPS) is 11.0. The van der Waals surface area contributed by atoms with Crippen molar-refractivity contribution in [3.05, 3.63) is 89.6 Å². The molecule has 0 bridgehead atoms. The van der Waals surface area contributed by atoms with Crippen molar-refractivity contribution < 1.29 is 14.3 Å². The van der Waals surface area contributed by atoms with Crippen LogP contribution < -0.4 is 10.1 Å². The van der Waals surface area contributed by atoms with E-state index in [1.54, 1.807) is 32.5 Å². The summed E-state index contributed by atoms with van der Waals surface area (Å²) in [6.45, 7) is 1.81. The highest BCUT2D eigenvalue weighted by molar-refractivity contribution is 6.24. The van der Waals surface area contributed by atoms with Gasteiger partial charge >= 0.3 is 0 Å². The van der Waals surface area contributed by atoms with E-state index in [0.717, 1.165) is 16.7 Å². The van der Waals surface area contributed by atoms with Crippen molar-refractivity contribution in [3.63, 3.8) is 0 Å². The average Bonchev–Trinajstić information content (AvgIpc) is 2.77. The molecule has 0 atom stereocenters. The smallest absolute Gasteiger partial charge is 0.254 e. The Kier molecular flexibility index (Phi) is 7.17. The van der Waals surface area contributed by atoms with Crippen LogP contribution in [0.25, 0.3) is 11.6 Å². The van der Waals surface area contributed by atoms with Gasteiger partial charge in [0.05, 0.1) is 13.7 Å². The first-order chi connectivity index (χ1) is 15.0. The number of aromatic nitrogens is 1. The Morgan fingerprint density at radius 1 is 1.06 bits per heavy atom. The number of pyridine rings is 1.